The zero-order chi connectivity index (χ0) is 19.4. The van der Waals surface area contributed by atoms with Crippen LogP contribution >= 0.6 is 11.6 Å². The second-order valence-corrected chi connectivity index (χ2v) is 8.77. The van der Waals surface area contributed by atoms with Gasteiger partial charge in [0.1, 0.15) is 5.82 Å². The highest BCUT2D eigenvalue weighted by atomic mass is 35.5. The van der Waals surface area contributed by atoms with Gasteiger partial charge in [-0.25, -0.2) is 12.8 Å². The zero-order valence-electron chi connectivity index (χ0n) is 14.6. The molecule has 2 aromatic rings. The van der Waals surface area contributed by atoms with Gasteiger partial charge >= 0.3 is 0 Å². The summed E-state index contributed by atoms with van der Waals surface area (Å²) >= 11 is 5.70. The lowest BCUT2D eigenvalue weighted by molar-refractivity contribution is 0.102. The van der Waals surface area contributed by atoms with Crippen LogP contribution in [0.3, 0.4) is 0 Å². The van der Waals surface area contributed by atoms with Crippen molar-refractivity contribution in [3.8, 4) is 0 Å². The van der Waals surface area contributed by atoms with Crippen LogP contribution < -0.4 is 5.32 Å². The standard InChI is InChI=1S/C19H20ClFN2O3S/c20-17-13-15(7-10-18(17)21)22-19(24)14-5-8-16(9-6-14)27(25,26)23-11-3-1-2-4-12-23/h5-10,13H,1-4,11-12H2,(H,22,24). The summed E-state index contributed by atoms with van der Waals surface area (Å²) in [4.78, 5) is 12.5. The molecule has 1 aliphatic heterocycles. The topological polar surface area (TPSA) is 66.5 Å². The average molecular weight is 411 g/mol. The predicted octanol–water partition coefficient (Wildman–Crippen LogP) is 4.30. The molecule has 0 atom stereocenters. The Labute approximate surface area is 163 Å². The average Bonchev–Trinajstić information content (AvgIpc) is 2.95. The van der Waals surface area contributed by atoms with Crippen molar-refractivity contribution < 1.29 is 17.6 Å². The number of benzene rings is 2. The van der Waals surface area contributed by atoms with E-state index in [9.17, 15) is 17.6 Å². The van der Waals surface area contributed by atoms with E-state index in [0.717, 1.165) is 31.7 Å². The Morgan fingerprint density at radius 2 is 1.63 bits per heavy atom. The van der Waals surface area contributed by atoms with Crippen molar-refractivity contribution in [3.05, 3.63) is 58.9 Å². The van der Waals surface area contributed by atoms with Gasteiger partial charge in [0.25, 0.3) is 5.91 Å². The summed E-state index contributed by atoms with van der Waals surface area (Å²) in [6.07, 6.45) is 3.80. The maximum Gasteiger partial charge on any atom is 0.255 e. The molecule has 1 amide bonds. The molecule has 0 spiro atoms. The predicted molar refractivity (Wildman–Crippen MR) is 103 cm³/mol. The fourth-order valence-electron chi connectivity index (χ4n) is 2.99. The van der Waals surface area contributed by atoms with Gasteiger partial charge in [0.2, 0.25) is 10.0 Å². The molecular formula is C19H20ClFN2O3S. The number of carbonyl (C=O) groups excluding carboxylic acids is 1. The Bertz CT molecular complexity index is 924. The van der Waals surface area contributed by atoms with Gasteiger partial charge in [-0.3, -0.25) is 4.79 Å². The van der Waals surface area contributed by atoms with E-state index in [-0.39, 0.29) is 9.92 Å². The van der Waals surface area contributed by atoms with E-state index >= 15 is 0 Å². The molecule has 1 saturated heterocycles. The van der Waals surface area contributed by atoms with Crippen LogP contribution in [0.4, 0.5) is 10.1 Å². The van der Waals surface area contributed by atoms with Crippen molar-refractivity contribution in [1.82, 2.24) is 4.31 Å². The Hall–Kier alpha value is -1.96. The van der Waals surface area contributed by atoms with E-state index in [1.54, 1.807) is 0 Å². The van der Waals surface area contributed by atoms with E-state index < -0.39 is 21.7 Å². The number of nitrogens with one attached hydrogen (secondary N) is 1. The zero-order valence-corrected chi connectivity index (χ0v) is 16.2. The number of anilines is 1. The van der Waals surface area contributed by atoms with Crippen molar-refractivity contribution >= 4 is 33.2 Å². The van der Waals surface area contributed by atoms with Crippen molar-refractivity contribution in [2.24, 2.45) is 0 Å². The quantitative estimate of drug-likeness (QED) is 0.817. The summed E-state index contributed by atoms with van der Waals surface area (Å²) < 4.78 is 40.2. The van der Waals surface area contributed by atoms with Gasteiger partial charge in [-0.2, -0.15) is 4.31 Å². The summed E-state index contributed by atoms with van der Waals surface area (Å²) in [5.41, 5.74) is 0.651. The SMILES string of the molecule is O=C(Nc1ccc(F)c(Cl)c1)c1ccc(S(=O)(=O)N2CCCCCC2)cc1. The smallest absolute Gasteiger partial charge is 0.255 e. The molecule has 1 aliphatic rings. The van der Waals surface area contributed by atoms with Gasteiger partial charge in [-0.1, -0.05) is 24.4 Å². The molecule has 1 fully saturated rings. The molecule has 1 heterocycles. The van der Waals surface area contributed by atoms with Gasteiger partial charge in [0.15, 0.2) is 0 Å². The molecule has 0 saturated carbocycles. The number of amides is 1. The second-order valence-electron chi connectivity index (χ2n) is 6.43. The Morgan fingerprint density at radius 3 is 2.22 bits per heavy atom. The summed E-state index contributed by atoms with van der Waals surface area (Å²) in [5.74, 6) is -1.01. The highest BCUT2D eigenvalue weighted by molar-refractivity contribution is 7.89. The molecule has 144 valence electrons. The molecule has 3 rings (SSSR count). The largest absolute Gasteiger partial charge is 0.322 e. The minimum absolute atomic E-state index is 0.0910. The number of rotatable bonds is 4. The minimum atomic E-state index is -3.55. The van der Waals surface area contributed by atoms with E-state index in [4.69, 9.17) is 11.6 Å². The monoisotopic (exact) mass is 410 g/mol. The molecular weight excluding hydrogens is 391 g/mol. The normalized spacial score (nSPS) is 15.9. The molecule has 2 aromatic carbocycles. The van der Waals surface area contributed by atoms with Crippen LogP contribution in [-0.4, -0.2) is 31.7 Å². The Kier molecular flexibility index (Phi) is 6.14. The fourth-order valence-corrected chi connectivity index (χ4v) is 4.68. The molecule has 0 bridgehead atoms. The van der Waals surface area contributed by atoms with Crippen molar-refractivity contribution in [2.45, 2.75) is 30.6 Å². The maximum absolute atomic E-state index is 13.2. The van der Waals surface area contributed by atoms with Gasteiger partial charge in [-0.05, 0) is 55.3 Å². The van der Waals surface area contributed by atoms with Crippen LogP contribution in [0.1, 0.15) is 36.0 Å². The first-order valence-corrected chi connectivity index (χ1v) is 10.6. The lowest BCUT2D eigenvalue weighted by atomic mass is 10.2. The molecule has 1 N–H and O–H groups in total. The highest BCUT2D eigenvalue weighted by Gasteiger charge is 2.25. The molecule has 0 unspecified atom stereocenters. The lowest BCUT2D eigenvalue weighted by Crippen LogP contribution is -2.31. The second kappa shape index (κ2) is 8.37. The minimum Gasteiger partial charge on any atom is -0.322 e. The van der Waals surface area contributed by atoms with Gasteiger partial charge in [0.05, 0.1) is 9.92 Å². The Balaban J connectivity index is 1.74. The number of halogens is 2. The van der Waals surface area contributed by atoms with Crippen LogP contribution in [0.2, 0.25) is 5.02 Å². The summed E-state index contributed by atoms with van der Waals surface area (Å²) in [7, 11) is -3.55. The molecule has 27 heavy (non-hydrogen) atoms. The molecule has 0 aliphatic carbocycles. The lowest BCUT2D eigenvalue weighted by Gasteiger charge is -2.20. The molecule has 0 radical (unpaired) electrons. The van der Waals surface area contributed by atoms with Crippen LogP contribution in [0.15, 0.2) is 47.4 Å². The highest BCUT2D eigenvalue weighted by Crippen LogP contribution is 2.22. The van der Waals surface area contributed by atoms with Crippen molar-refractivity contribution in [3.63, 3.8) is 0 Å². The molecule has 0 aromatic heterocycles. The third-order valence-electron chi connectivity index (χ3n) is 4.50. The van der Waals surface area contributed by atoms with Crippen LogP contribution in [0, 0.1) is 5.82 Å². The Morgan fingerprint density at radius 1 is 1.00 bits per heavy atom. The van der Waals surface area contributed by atoms with E-state index in [1.165, 1.54) is 40.7 Å². The number of carbonyl (C=O) groups is 1. The van der Waals surface area contributed by atoms with Crippen LogP contribution in [0.25, 0.3) is 0 Å². The van der Waals surface area contributed by atoms with E-state index in [1.807, 2.05) is 0 Å². The molecule has 8 heteroatoms. The summed E-state index contributed by atoms with van der Waals surface area (Å²) in [5, 5.41) is 2.52. The van der Waals surface area contributed by atoms with Gasteiger partial charge in [-0.15, -0.1) is 0 Å². The molecule has 5 nitrogen and oxygen atoms in total. The van der Waals surface area contributed by atoms with Gasteiger partial charge < -0.3 is 5.32 Å². The van der Waals surface area contributed by atoms with Crippen molar-refractivity contribution in [1.29, 1.82) is 0 Å². The first-order chi connectivity index (χ1) is 12.9. The number of hydrogen-bond acceptors (Lipinski definition) is 3. The number of sulfonamides is 1. The fraction of sp³-hybridized carbons (Fsp3) is 0.316. The summed E-state index contributed by atoms with van der Waals surface area (Å²) in [6, 6.07) is 9.68. The summed E-state index contributed by atoms with van der Waals surface area (Å²) in [6.45, 7) is 1.05. The third-order valence-corrected chi connectivity index (χ3v) is 6.70. The number of hydrogen-bond donors (Lipinski definition) is 1. The van der Waals surface area contributed by atoms with Crippen LogP contribution in [-0.2, 0) is 10.0 Å². The first kappa shape index (κ1) is 19.8. The van der Waals surface area contributed by atoms with E-state index in [0.29, 0.717) is 24.3 Å². The number of nitrogens with zero attached hydrogens (tertiary/aromatic N) is 1. The first-order valence-electron chi connectivity index (χ1n) is 8.74. The van der Waals surface area contributed by atoms with Gasteiger partial charge in [0, 0.05) is 24.3 Å². The third kappa shape index (κ3) is 4.66. The van der Waals surface area contributed by atoms with Crippen LogP contribution in [0.5, 0.6) is 0 Å². The van der Waals surface area contributed by atoms with Crippen molar-refractivity contribution in [2.75, 3.05) is 18.4 Å². The van der Waals surface area contributed by atoms with E-state index in [2.05, 4.69) is 5.32 Å². The maximum atomic E-state index is 13.2.